The first-order valence-corrected chi connectivity index (χ1v) is 9.26. The highest BCUT2D eigenvalue weighted by Crippen LogP contribution is 2.32. The molecule has 1 fully saturated rings. The summed E-state index contributed by atoms with van der Waals surface area (Å²) in [6, 6.07) is 7.56. The van der Waals surface area contributed by atoms with E-state index >= 15 is 0 Å². The molecule has 0 radical (unpaired) electrons. The molecule has 7 heteroatoms. The first-order chi connectivity index (χ1) is 12.6. The van der Waals surface area contributed by atoms with Crippen LogP contribution in [0.15, 0.2) is 46.8 Å². The smallest absolute Gasteiger partial charge is 0.286 e. The number of aliphatic imine (C=N–C) groups is 1. The number of benzene rings is 1. The molecule has 26 heavy (non-hydrogen) atoms. The minimum absolute atomic E-state index is 0.0819. The summed E-state index contributed by atoms with van der Waals surface area (Å²) in [6.07, 6.45) is 3.50. The van der Waals surface area contributed by atoms with E-state index in [-0.39, 0.29) is 11.8 Å². The second-order valence-electron chi connectivity index (χ2n) is 5.94. The predicted octanol–water partition coefficient (Wildman–Crippen LogP) is 2.39. The number of amides is 2. The molecule has 2 aliphatic heterocycles. The van der Waals surface area contributed by atoms with Crippen molar-refractivity contribution in [3.05, 3.63) is 47.4 Å². The van der Waals surface area contributed by atoms with Gasteiger partial charge < -0.3 is 14.5 Å². The summed E-state index contributed by atoms with van der Waals surface area (Å²) in [5, 5.41) is 0.703. The van der Waals surface area contributed by atoms with Gasteiger partial charge in [0.15, 0.2) is 5.17 Å². The number of hydrogen-bond acceptors (Lipinski definition) is 5. The summed E-state index contributed by atoms with van der Waals surface area (Å²) < 4.78 is 5.64. The zero-order chi connectivity index (χ0) is 18.5. The Morgan fingerprint density at radius 2 is 2.04 bits per heavy atom. The van der Waals surface area contributed by atoms with E-state index in [0.29, 0.717) is 48.6 Å². The van der Waals surface area contributed by atoms with Crippen LogP contribution < -0.4 is 4.74 Å². The molecule has 1 aromatic carbocycles. The molecule has 1 saturated heterocycles. The third-order valence-electron chi connectivity index (χ3n) is 4.17. The van der Waals surface area contributed by atoms with Crippen molar-refractivity contribution in [3.63, 3.8) is 0 Å². The lowest BCUT2D eigenvalue weighted by atomic mass is 10.2. The van der Waals surface area contributed by atoms with Gasteiger partial charge in [-0.15, -0.1) is 0 Å². The Morgan fingerprint density at radius 1 is 1.31 bits per heavy atom. The highest BCUT2D eigenvalue weighted by molar-refractivity contribution is 8.18. The van der Waals surface area contributed by atoms with E-state index in [0.717, 1.165) is 5.56 Å². The standard InChI is InChI=1S/C19H21N3O3S/c1-3-12-25-16-7-5-4-6-15(16)13-17-18(24)20-19(26-17)22-10-8-21(9-11-22)14(2)23/h3-7,13H,1,8-12H2,2H3/b17-13+. The Hall–Kier alpha value is -2.54. The number of amidine groups is 1. The van der Waals surface area contributed by atoms with Gasteiger partial charge in [0.1, 0.15) is 12.4 Å². The van der Waals surface area contributed by atoms with Crippen molar-refractivity contribution in [2.75, 3.05) is 32.8 Å². The highest BCUT2D eigenvalue weighted by Gasteiger charge is 2.29. The van der Waals surface area contributed by atoms with Crippen LogP contribution in [-0.4, -0.2) is 59.6 Å². The summed E-state index contributed by atoms with van der Waals surface area (Å²) in [5.41, 5.74) is 0.836. The Kier molecular flexibility index (Phi) is 5.78. The molecule has 136 valence electrons. The van der Waals surface area contributed by atoms with E-state index in [9.17, 15) is 9.59 Å². The molecular weight excluding hydrogens is 350 g/mol. The number of thioether (sulfide) groups is 1. The number of hydrogen-bond donors (Lipinski definition) is 0. The van der Waals surface area contributed by atoms with Crippen LogP contribution >= 0.6 is 11.8 Å². The van der Waals surface area contributed by atoms with Crippen molar-refractivity contribution < 1.29 is 14.3 Å². The summed E-state index contributed by atoms with van der Waals surface area (Å²) in [7, 11) is 0. The average Bonchev–Trinajstić information content (AvgIpc) is 3.01. The third-order valence-corrected chi connectivity index (χ3v) is 5.21. The molecule has 0 aromatic heterocycles. The second-order valence-corrected chi connectivity index (χ2v) is 6.95. The first-order valence-electron chi connectivity index (χ1n) is 8.44. The number of rotatable bonds is 4. The molecule has 0 aliphatic carbocycles. The molecule has 0 unspecified atom stereocenters. The van der Waals surface area contributed by atoms with Crippen LogP contribution in [0.2, 0.25) is 0 Å². The quantitative estimate of drug-likeness (QED) is 0.601. The van der Waals surface area contributed by atoms with Crippen LogP contribution in [0.25, 0.3) is 6.08 Å². The fraction of sp³-hybridized carbons (Fsp3) is 0.316. The Morgan fingerprint density at radius 3 is 2.73 bits per heavy atom. The molecule has 0 saturated carbocycles. The normalized spacial score (nSPS) is 18.9. The van der Waals surface area contributed by atoms with Crippen LogP contribution in [0.3, 0.4) is 0 Å². The summed E-state index contributed by atoms with van der Waals surface area (Å²) in [5.74, 6) is 0.549. The maximum atomic E-state index is 12.3. The lowest BCUT2D eigenvalue weighted by Gasteiger charge is -2.34. The van der Waals surface area contributed by atoms with Gasteiger partial charge in [-0.05, 0) is 23.9 Å². The molecule has 0 atom stereocenters. The van der Waals surface area contributed by atoms with Gasteiger partial charge in [-0.1, -0.05) is 30.9 Å². The molecule has 3 rings (SSSR count). The minimum Gasteiger partial charge on any atom is -0.489 e. The van der Waals surface area contributed by atoms with Gasteiger partial charge in [0.05, 0.1) is 4.91 Å². The summed E-state index contributed by atoms with van der Waals surface area (Å²) >= 11 is 1.37. The van der Waals surface area contributed by atoms with E-state index < -0.39 is 0 Å². The number of carbonyl (C=O) groups is 2. The van der Waals surface area contributed by atoms with E-state index in [4.69, 9.17) is 4.74 Å². The van der Waals surface area contributed by atoms with Gasteiger partial charge in [0.25, 0.3) is 5.91 Å². The molecule has 0 N–H and O–H groups in total. The van der Waals surface area contributed by atoms with Crippen molar-refractivity contribution in [1.29, 1.82) is 0 Å². The monoisotopic (exact) mass is 371 g/mol. The predicted molar refractivity (Wildman–Crippen MR) is 104 cm³/mol. The molecule has 0 spiro atoms. The number of nitrogens with zero attached hydrogens (tertiary/aromatic N) is 3. The van der Waals surface area contributed by atoms with Crippen LogP contribution in [0, 0.1) is 0 Å². The molecule has 1 aromatic rings. The van der Waals surface area contributed by atoms with Gasteiger partial charge in [-0.3, -0.25) is 9.59 Å². The third kappa shape index (κ3) is 4.16. The fourth-order valence-corrected chi connectivity index (χ4v) is 3.72. The van der Waals surface area contributed by atoms with Gasteiger partial charge in [-0.2, -0.15) is 4.99 Å². The van der Waals surface area contributed by atoms with Crippen molar-refractivity contribution >= 4 is 34.8 Å². The number of para-hydroxylation sites is 1. The van der Waals surface area contributed by atoms with E-state index in [1.807, 2.05) is 35.2 Å². The minimum atomic E-state index is -0.238. The number of carbonyl (C=O) groups excluding carboxylic acids is 2. The van der Waals surface area contributed by atoms with Crippen molar-refractivity contribution in [1.82, 2.24) is 9.80 Å². The fourth-order valence-electron chi connectivity index (χ4n) is 2.77. The van der Waals surface area contributed by atoms with Gasteiger partial charge in [0, 0.05) is 38.7 Å². The van der Waals surface area contributed by atoms with Crippen molar-refractivity contribution in [3.8, 4) is 5.75 Å². The number of piperazine rings is 1. The maximum absolute atomic E-state index is 12.3. The second kappa shape index (κ2) is 8.23. The molecule has 2 amide bonds. The molecule has 2 aliphatic rings. The molecule has 6 nitrogen and oxygen atoms in total. The molecule has 2 heterocycles. The first kappa shape index (κ1) is 18.3. The van der Waals surface area contributed by atoms with E-state index in [2.05, 4.69) is 16.5 Å². The van der Waals surface area contributed by atoms with Gasteiger partial charge >= 0.3 is 0 Å². The van der Waals surface area contributed by atoms with Crippen LogP contribution in [0.5, 0.6) is 5.75 Å². The van der Waals surface area contributed by atoms with Crippen LogP contribution in [0.1, 0.15) is 12.5 Å². The Labute approximate surface area is 157 Å². The van der Waals surface area contributed by atoms with Gasteiger partial charge in [0.2, 0.25) is 5.91 Å². The van der Waals surface area contributed by atoms with Gasteiger partial charge in [-0.25, -0.2) is 0 Å². The van der Waals surface area contributed by atoms with Crippen LogP contribution in [0.4, 0.5) is 0 Å². The zero-order valence-corrected chi connectivity index (χ0v) is 15.5. The van der Waals surface area contributed by atoms with Crippen molar-refractivity contribution in [2.24, 2.45) is 4.99 Å². The lowest BCUT2D eigenvalue weighted by Crippen LogP contribution is -2.49. The SMILES string of the molecule is C=CCOc1ccccc1/C=C1/SC(N2CCN(C(C)=O)CC2)=NC1=O. The Balaban J connectivity index is 1.70. The Bertz CT molecular complexity index is 780. The van der Waals surface area contributed by atoms with E-state index in [1.54, 1.807) is 13.0 Å². The molecular formula is C19H21N3O3S. The largest absolute Gasteiger partial charge is 0.489 e. The zero-order valence-electron chi connectivity index (χ0n) is 14.7. The lowest BCUT2D eigenvalue weighted by molar-refractivity contribution is -0.130. The molecule has 0 bridgehead atoms. The topological polar surface area (TPSA) is 62.2 Å². The number of ether oxygens (including phenoxy) is 1. The summed E-state index contributed by atoms with van der Waals surface area (Å²) in [4.78, 5) is 32.4. The van der Waals surface area contributed by atoms with E-state index in [1.165, 1.54) is 11.8 Å². The summed E-state index contributed by atoms with van der Waals surface area (Å²) in [6.45, 7) is 8.31. The van der Waals surface area contributed by atoms with Crippen molar-refractivity contribution in [2.45, 2.75) is 6.92 Å². The maximum Gasteiger partial charge on any atom is 0.286 e. The average molecular weight is 371 g/mol. The van der Waals surface area contributed by atoms with Crippen LogP contribution in [-0.2, 0) is 9.59 Å². The highest BCUT2D eigenvalue weighted by atomic mass is 32.2.